The van der Waals surface area contributed by atoms with E-state index in [0.29, 0.717) is 12.6 Å². The van der Waals surface area contributed by atoms with Crippen LogP contribution in [0, 0.1) is 0 Å². The van der Waals surface area contributed by atoms with Crippen LogP contribution in [0.5, 0.6) is 0 Å². The minimum Gasteiger partial charge on any atom is -0.311 e. The Kier molecular flexibility index (Phi) is 4.98. The topological polar surface area (TPSA) is 49.4 Å². The Hall–Kier alpha value is -0.130. The molecule has 1 aliphatic rings. The highest BCUT2D eigenvalue weighted by Gasteiger charge is 2.33. The van der Waals surface area contributed by atoms with Gasteiger partial charge in [0.25, 0.3) is 0 Å². The van der Waals surface area contributed by atoms with Crippen LogP contribution in [-0.2, 0) is 9.84 Å². The second-order valence-corrected chi connectivity index (χ2v) is 8.36. The van der Waals surface area contributed by atoms with Crippen LogP contribution in [0.15, 0.2) is 0 Å². The lowest BCUT2D eigenvalue weighted by molar-refractivity contribution is 0.181. The van der Waals surface area contributed by atoms with E-state index >= 15 is 0 Å². The highest BCUT2D eigenvalue weighted by atomic mass is 32.2. The first-order valence-electron chi connectivity index (χ1n) is 6.41. The Morgan fingerprint density at radius 2 is 2.06 bits per heavy atom. The van der Waals surface area contributed by atoms with Gasteiger partial charge in [-0.1, -0.05) is 13.3 Å². The van der Waals surface area contributed by atoms with Gasteiger partial charge < -0.3 is 5.32 Å². The largest absolute Gasteiger partial charge is 0.311 e. The zero-order chi connectivity index (χ0) is 13.1. The molecule has 0 aliphatic carbocycles. The van der Waals surface area contributed by atoms with E-state index in [1.54, 1.807) is 0 Å². The molecule has 0 spiro atoms. The molecule has 1 N–H and O–H groups in total. The fourth-order valence-corrected chi connectivity index (χ4v) is 2.65. The number of sulfone groups is 1. The first-order valence-corrected chi connectivity index (χ1v) is 8.31. The molecule has 0 saturated carbocycles. The Morgan fingerprint density at radius 1 is 1.41 bits per heavy atom. The van der Waals surface area contributed by atoms with Crippen molar-refractivity contribution in [3.05, 3.63) is 0 Å². The van der Waals surface area contributed by atoms with Gasteiger partial charge >= 0.3 is 0 Å². The van der Waals surface area contributed by atoms with E-state index < -0.39 is 14.6 Å². The molecule has 0 bridgehead atoms. The molecule has 17 heavy (non-hydrogen) atoms. The smallest absolute Gasteiger partial charge is 0.153 e. The predicted molar refractivity (Wildman–Crippen MR) is 72.1 cm³/mol. The lowest BCUT2D eigenvalue weighted by Gasteiger charge is -2.37. The van der Waals surface area contributed by atoms with Crippen molar-refractivity contribution in [3.63, 3.8) is 0 Å². The van der Waals surface area contributed by atoms with Gasteiger partial charge in [0.05, 0.1) is 4.75 Å². The van der Waals surface area contributed by atoms with Gasteiger partial charge in [-0.3, -0.25) is 4.90 Å². The number of hydrogen-bond acceptors (Lipinski definition) is 4. The maximum atomic E-state index is 11.7. The Balaban J connectivity index is 2.57. The molecule has 4 nitrogen and oxygen atoms in total. The molecule has 1 rings (SSSR count). The molecule has 1 unspecified atom stereocenters. The Bertz CT molecular complexity index is 336. The van der Waals surface area contributed by atoms with Crippen molar-refractivity contribution >= 4 is 9.84 Å². The second-order valence-electron chi connectivity index (χ2n) is 5.71. The van der Waals surface area contributed by atoms with Crippen molar-refractivity contribution < 1.29 is 8.42 Å². The number of nitrogens with zero attached hydrogens (tertiary/aromatic N) is 1. The summed E-state index contributed by atoms with van der Waals surface area (Å²) in [5, 5.41) is 3.48. The first-order chi connectivity index (χ1) is 7.76. The third-order valence-electron chi connectivity index (χ3n) is 3.58. The van der Waals surface area contributed by atoms with Gasteiger partial charge in [0.1, 0.15) is 0 Å². The quantitative estimate of drug-likeness (QED) is 0.799. The van der Waals surface area contributed by atoms with Crippen molar-refractivity contribution in [1.29, 1.82) is 0 Å². The maximum absolute atomic E-state index is 11.7. The van der Waals surface area contributed by atoms with Crippen molar-refractivity contribution in [2.24, 2.45) is 0 Å². The van der Waals surface area contributed by atoms with E-state index in [-0.39, 0.29) is 0 Å². The summed E-state index contributed by atoms with van der Waals surface area (Å²) in [6.45, 7) is 9.32. The van der Waals surface area contributed by atoms with Gasteiger partial charge in [0, 0.05) is 38.5 Å². The zero-order valence-electron chi connectivity index (χ0n) is 11.5. The number of nitrogens with one attached hydrogen (secondary N) is 1. The fourth-order valence-electron chi connectivity index (χ4n) is 2.24. The van der Waals surface area contributed by atoms with E-state index in [1.807, 2.05) is 13.8 Å². The van der Waals surface area contributed by atoms with Crippen LogP contribution in [0.25, 0.3) is 0 Å². The van der Waals surface area contributed by atoms with E-state index in [9.17, 15) is 8.42 Å². The maximum Gasteiger partial charge on any atom is 0.153 e. The molecule has 5 heteroatoms. The lowest BCUT2D eigenvalue weighted by atomic mass is 10.1. The summed E-state index contributed by atoms with van der Waals surface area (Å²) < 4.78 is 22.7. The van der Waals surface area contributed by atoms with Crippen LogP contribution in [0.3, 0.4) is 0 Å². The summed E-state index contributed by atoms with van der Waals surface area (Å²) in [4.78, 5) is 2.28. The molecule has 1 aliphatic heterocycles. The Morgan fingerprint density at radius 3 is 2.59 bits per heavy atom. The molecule has 0 aromatic carbocycles. The molecule has 1 fully saturated rings. The van der Waals surface area contributed by atoms with Gasteiger partial charge in [-0.05, 0) is 20.3 Å². The summed E-state index contributed by atoms with van der Waals surface area (Å²) in [5.74, 6) is 0. The van der Waals surface area contributed by atoms with Gasteiger partial charge in [0.2, 0.25) is 0 Å². The monoisotopic (exact) mass is 262 g/mol. The Labute approximate surface area is 106 Å². The van der Waals surface area contributed by atoms with Crippen LogP contribution in [0.2, 0.25) is 0 Å². The minimum atomic E-state index is -2.99. The van der Waals surface area contributed by atoms with Crippen LogP contribution >= 0.6 is 0 Å². The van der Waals surface area contributed by atoms with Gasteiger partial charge in [0.15, 0.2) is 9.84 Å². The third kappa shape index (κ3) is 4.23. The molecule has 0 radical (unpaired) electrons. The van der Waals surface area contributed by atoms with Crippen LogP contribution < -0.4 is 5.32 Å². The summed E-state index contributed by atoms with van der Waals surface area (Å²) in [7, 11) is -2.99. The predicted octanol–water partition coefficient (Wildman–Crippen LogP) is 0.884. The number of piperazine rings is 1. The molecule has 1 heterocycles. The molecule has 1 saturated heterocycles. The van der Waals surface area contributed by atoms with Gasteiger partial charge in [-0.25, -0.2) is 8.42 Å². The summed E-state index contributed by atoms with van der Waals surface area (Å²) in [5.41, 5.74) is 0. The SMILES string of the molecule is CCCC1CN(CC(C)(C)S(C)(=O)=O)CCN1. The molecule has 102 valence electrons. The van der Waals surface area contributed by atoms with E-state index in [2.05, 4.69) is 17.1 Å². The molecule has 1 atom stereocenters. The minimum absolute atomic E-state index is 0.518. The highest BCUT2D eigenvalue weighted by Crippen LogP contribution is 2.18. The number of rotatable bonds is 5. The average Bonchev–Trinajstić information content (AvgIpc) is 2.16. The van der Waals surface area contributed by atoms with Gasteiger partial charge in [-0.15, -0.1) is 0 Å². The van der Waals surface area contributed by atoms with Gasteiger partial charge in [-0.2, -0.15) is 0 Å². The normalized spacial score (nSPS) is 23.9. The zero-order valence-corrected chi connectivity index (χ0v) is 12.3. The molecule has 0 aromatic heterocycles. The van der Waals surface area contributed by atoms with Crippen molar-refractivity contribution in [1.82, 2.24) is 10.2 Å². The lowest BCUT2D eigenvalue weighted by Crippen LogP contribution is -2.55. The first kappa shape index (κ1) is 14.9. The molecular weight excluding hydrogens is 236 g/mol. The van der Waals surface area contributed by atoms with E-state index in [0.717, 1.165) is 26.1 Å². The van der Waals surface area contributed by atoms with Crippen LogP contribution in [-0.4, -0.2) is 56.5 Å². The summed E-state index contributed by atoms with van der Waals surface area (Å²) >= 11 is 0. The average molecular weight is 262 g/mol. The second kappa shape index (κ2) is 5.67. The highest BCUT2D eigenvalue weighted by molar-refractivity contribution is 7.92. The van der Waals surface area contributed by atoms with Crippen LogP contribution in [0.1, 0.15) is 33.6 Å². The molecule has 0 amide bonds. The molecule has 0 aromatic rings. The van der Waals surface area contributed by atoms with E-state index in [1.165, 1.54) is 12.7 Å². The van der Waals surface area contributed by atoms with Crippen molar-refractivity contribution in [3.8, 4) is 0 Å². The summed E-state index contributed by atoms with van der Waals surface area (Å²) in [6, 6.07) is 0.518. The van der Waals surface area contributed by atoms with E-state index in [4.69, 9.17) is 0 Å². The molecular formula is C12H26N2O2S. The van der Waals surface area contributed by atoms with Crippen molar-refractivity contribution in [2.75, 3.05) is 32.4 Å². The number of hydrogen-bond donors (Lipinski definition) is 1. The van der Waals surface area contributed by atoms with Crippen molar-refractivity contribution in [2.45, 2.75) is 44.4 Å². The standard InChI is InChI=1S/C12H26N2O2S/c1-5-6-11-9-14(8-7-13-11)10-12(2,3)17(4,15)16/h11,13H,5-10H2,1-4H3. The summed E-state index contributed by atoms with van der Waals surface area (Å²) in [6.07, 6.45) is 3.66. The third-order valence-corrected chi connectivity index (χ3v) is 5.72. The fraction of sp³-hybridized carbons (Fsp3) is 1.00. The van der Waals surface area contributed by atoms with Crippen LogP contribution in [0.4, 0.5) is 0 Å².